The van der Waals surface area contributed by atoms with Crippen LogP contribution in [0.5, 0.6) is 0 Å². The van der Waals surface area contributed by atoms with E-state index in [0.29, 0.717) is 22.5 Å². The zero-order chi connectivity index (χ0) is 26.3. The third-order valence-corrected chi connectivity index (χ3v) is 13.1. The summed E-state index contributed by atoms with van der Waals surface area (Å²) in [6.07, 6.45) is 14.9. The van der Waals surface area contributed by atoms with Gasteiger partial charge >= 0.3 is 0 Å². The van der Waals surface area contributed by atoms with Gasteiger partial charge in [-0.25, -0.2) is 4.90 Å². The fourth-order valence-corrected chi connectivity index (χ4v) is 10.7. The number of fused-ring (bicyclic) bond motifs is 3. The van der Waals surface area contributed by atoms with E-state index in [4.69, 9.17) is 9.47 Å². The Kier molecular flexibility index (Phi) is 6.49. The second-order valence-corrected chi connectivity index (χ2v) is 16.3. The summed E-state index contributed by atoms with van der Waals surface area (Å²) < 4.78 is 13.1. The summed E-state index contributed by atoms with van der Waals surface area (Å²) in [4.78, 5) is 8.50. The zero-order valence-electron chi connectivity index (χ0n) is 25.3. The Morgan fingerprint density at radius 2 is 1.35 bits per heavy atom. The number of ether oxygens (including phenoxy) is 2. The predicted octanol–water partition coefficient (Wildman–Crippen LogP) is 6.27. The van der Waals surface area contributed by atoms with Crippen molar-refractivity contribution in [3.05, 3.63) is 0 Å². The number of hydrogen-bond donors (Lipinski definition) is 0. The highest BCUT2D eigenvalue weighted by Crippen LogP contribution is 2.58. The van der Waals surface area contributed by atoms with E-state index in [-0.39, 0.29) is 22.6 Å². The lowest BCUT2D eigenvalue weighted by Crippen LogP contribution is -2.60. The molecule has 37 heavy (non-hydrogen) atoms. The van der Waals surface area contributed by atoms with Gasteiger partial charge in [-0.1, -0.05) is 54.9 Å². The minimum atomic E-state index is 0.0000477. The quantitative estimate of drug-likeness (QED) is 0.416. The standard InChI is InChI=1S/C32H57N3O2/c1-27(2,3)30-14-11-19-34(30)25(12-16-30)20-28(4,5)32-22-36-24-35(32)26(37-23-32)21-29(6,7)31-13-8-9-17-33(31)18-10-15-31/h25-26H,8-24H2,1-7H3. The van der Waals surface area contributed by atoms with Crippen LogP contribution in [-0.4, -0.2) is 83.2 Å². The van der Waals surface area contributed by atoms with Crippen molar-refractivity contribution in [2.24, 2.45) is 16.2 Å². The monoisotopic (exact) mass is 515 g/mol. The maximum absolute atomic E-state index is 6.82. The van der Waals surface area contributed by atoms with Gasteiger partial charge in [-0.15, -0.1) is 0 Å². The molecule has 6 aliphatic rings. The van der Waals surface area contributed by atoms with E-state index in [1.54, 1.807) is 0 Å². The van der Waals surface area contributed by atoms with Crippen LogP contribution in [0.25, 0.3) is 0 Å². The van der Waals surface area contributed by atoms with E-state index in [0.717, 1.165) is 26.4 Å². The van der Waals surface area contributed by atoms with Crippen molar-refractivity contribution >= 4 is 0 Å². The van der Waals surface area contributed by atoms with E-state index in [1.807, 2.05) is 0 Å². The number of nitrogens with zero attached hydrogens (tertiary/aromatic N) is 3. The molecule has 0 aromatic carbocycles. The van der Waals surface area contributed by atoms with Crippen LogP contribution in [0.3, 0.4) is 0 Å². The summed E-state index contributed by atoms with van der Waals surface area (Å²) in [7, 11) is 0. The Bertz CT molecular complexity index is 867. The maximum Gasteiger partial charge on any atom is 0.113 e. The third kappa shape index (κ3) is 3.80. The minimum absolute atomic E-state index is 0.0000477. The molecule has 0 N–H and O–H groups in total. The normalized spacial score (nSPS) is 41.9. The molecule has 0 saturated carbocycles. The van der Waals surface area contributed by atoms with E-state index >= 15 is 0 Å². The molecular formula is C32H57N3O2. The minimum Gasteiger partial charge on any atom is -0.364 e. The van der Waals surface area contributed by atoms with E-state index in [2.05, 4.69) is 63.2 Å². The lowest BCUT2D eigenvalue weighted by molar-refractivity contribution is -0.0823. The van der Waals surface area contributed by atoms with Crippen LogP contribution >= 0.6 is 0 Å². The molecule has 5 unspecified atom stereocenters. The van der Waals surface area contributed by atoms with Gasteiger partial charge in [0.15, 0.2) is 0 Å². The first kappa shape index (κ1) is 27.0. The van der Waals surface area contributed by atoms with Crippen molar-refractivity contribution in [2.45, 2.75) is 148 Å². The summed E-state index contributed by atoms with van der Waals surface area (Å²) in [5.74, 6) is 0. The first-order valence-corrected chi connectivity index (χ1v) is 15.9. The molecule has 5 atom stereocenters. The van der Waals surface area contributed by atoms with Gasteiger partial charge in [0.25, 0.3) is 0 Å². The Morgan fingerprint density at radius 1 is 0.676 bits per heavy atom. The van der Waals surface area contributed by atoms with Crippen LogP contribution in [0.4, 0.5) is 0 Å². The van der Waals surface area contributed by atoms with Crippen molar-refractivity contribution in [1.29, 1.82) is 0 Å². The average molecular weight is 516 g/mol. The highest BCUT2D eigenvalue weighted by molar-refractivity contribution is 5.15. The smallest absolute Gasteiger partial charge is 0.113 e. The van der Waals surface area contributed by atoms with Crippen LogP contribution in [0.15, 0.2) is 0 Å². The molecule has 0 aromatic rings. The van der Waals surface area contributed by atoms with Crippen LogP contribution in [0, 0.1) is 16.2 Å². The number of hydrogen-bond acceptors (Lipinski definition) is 5. The van der Waals surface area contributed by atoms with Gasteiger partial charge in [-0.05, 0) is 100 Å². The molecule has 6 heterocycles. The highest BCUT2D eigenvalue weighted by Gasteiger charge is 2.63. The molecule has 0 aliphatic carbocycles. The highest BCUT2D eigenvalue weighted by atomic mass is 16.6. The molecular weight excluding hydrogens is 458 g/mol. The van der Waals surface area contributed by atoms with Crippen LogP contribution in [0.2, 0.25) is 0 Å². The van der Waals surface area contributed by atoms with Gasteiger partial charge in [-0.2, -0.15) is 0 Å². The maximum atomic E-state index is 6.82. The molecule has 0 spiro atoms. The second-order valence-electron chi connectivity index (χ2n) is 16.3. The van der Waals surface area contributed by atoms with Crippen LogP contribution in [-0.2, 0) is 9.47 Å². The Morgan fingerprint density at radius 3 is 2.14 bits per heavy atom. The van der Waals surface area contributed by atoms with Crippen molar-refractivity contribution in [1.82, 2.24) is 14.7 Å². The van der Waals surface area contributed by atoms with Crippen molar-refractivity contribution < 1.29 is 9.47 Å². The molecule has 6 rings (SSSR count). The topological polar surface area (TPSA) is 28.2 Å². The molecule has 0 bridgehead atoms. The van der Waals surface area contributed by atoms with Gasteiger partial charge in [0.05, 0.1) is 18.8 Å². The molecule has 0 amide bonds. The fraction of sp³-hybridized carbons (Fsp3) is 1.00. The zero-order valence-corrected chi connectivity index (χ0v) is 25.3. The summed E-state index contributed by atoms with van der Waals surface area (Å²) in [5, 5.41) is 0. The summed E-state index contributed by atoms with van der Waals surface area (Å²) in [5.41, 5.74) is 1.51. The first-order chi connectivity index (χ1) is 17.4. The Hall–Kier alpha value is -0.200. The summed E-state index contributed by atoms with van der Waals surface area (Å²) >= 11 is 0. The average Bonchev–Trinajstić information content (AvgIpc) is 3.61. The van der Waals surface area contributed by atoms with Gasteiger partial charge in [0.2, 0.25) is 0 Å². The van der Waals surface area contributed by atoms with E-state index < -0.39 is 0 Å². The molecule has 0 radical (unpaired) electrons. The van der Waals surface area contributed by atoms with Gasteiger partial charge < -0.3 is 9.47 Å². The summed E-state index contributed by atoms with van der Waals surface area (Å²) in [6, 6.07) is 0.692. The molecule has 5 nitrogen and oxygen atoms in total. The van der Waals surface area contributed by atoms with E-state index in [9.17, 15) is 0 Å². The molecule has 5 heteroatoms. The third-order valence-electron chi connectivity index (χ3n) is 13.1. The van der Waals surface area contributed by atoms with Gasteiger partial charge in [-0.3, -0.25) is 9.80 Å². The van der Waals surface area contributed by atoms with Crippen molar-refractivity contribution in [2.75, 3.05) is 39.6 Å². The van der Waals surface area contributed by atoms with Gasteiger partial charge in [0.1, 0.15) is 13.0 Å². The van der Waals surface area contributed by atoms with Crippen molar-refractivity contribution in [3.63, 3.8) is 0 Å². The molecule has 0 aromatic heterocycles. The van der Waals surface area contributed by atoms with Crippen molar-refractivity contribution in [3.8, 4) is 0 Å². The summed E-state index contributed by atoms with van der Waals surface area (Å²) in [6.45, 7) is 23.9. The lowest BCUT2D eigenvalue weighted by atomic mass is 9.64. The lowest BCUT2D eigenvalue weighted by Gasteiger charge is -2.54. The largest absolute Gasteiger partial charge is 0.364 e. The predicted molar refractivity (Wildman–Crippen MR) is 150 cm³/mol. The molecule has 6 fully saturated rings. The van der Waals surface area contributed by atoms with Gasteiger partial charge in [0, 0.05) is 17.1 Å². The van der Waals surface area contributed by atoms with Crippen LogP contribution < -0.4 is 0 Å². The molecule has 6 saturated heterocycles. The molecule has 212 valence electrons. The SMILES string of the molecule is CC(C)(C)C12CCCN1C(CC(C)(C)C13COCN1C(CC(C)(C)C14CCCCN1CCC4)OC3)CC2. The fourth-order valence-electron chi connectivity index (χ4n) is 10.7. The van der Waals surface area contributed by atoms with E-state index in [1.165, 1.54) is 83.8 Å². The Labute approximate surface area is 228 Å². The number of rotatable bonds is 6. The molecule has 6 aliphatic heterocycles. The first-order valence-electron chi connectivity index (χ1n) is 15.9. The second kappa shape index (κ2) is 8.90. The van der Waals surface area contributed by atoms with Crippen LogP contribution in [0.1, 0.15) is 119 Å². The Balaban J connectivity index is 1.20. The number of piperidine rings is 1.